The normalized spacial score (nSPS) is 22.2. The van der Waals surface area contributed by atoms with Crippen LogP contribution in [0.5, 0.6) is 0 Å². The third-order valence-electron chi connectivity index (χ3n) is 5.31. The number of piperidine rings is 1. The molecular formula is C18H28ClN7O. The third-order valence-corrected chi connectivity index (χ3v) is 5.31. The lowest BCUT2D eigenvalue weighted by atomic mass is 10.1. The number of amides is 1. The number of rotatable bonds is 4. The molecule has 4 rings (SSSR count). The average molecular weight is 394 g/mol. The zero-order valence-corrected chi connectivity index (χ0v) is 16.7. The molecule has 0 spiro atoms. The van der Waals surface area contributed by atoms with Gasteiger partial charge in [-0.1, -0.05) is 13.8 Å². The van der Waals surface area contributed by atoms with Crippen LogP contribution in [0.2, 0.25) is 0 Å². The number of aryl methyl sites for hydroxylation is 1. The molecule has 0 aromatic carbocycles. The molecule has 2 N–H and O–H groups in total. The van der Waals surface area contributed by atoms with Crippen LogP contribution in [0.4, 0.5) is 0 Å². The van der Waals surface area contributed by atoms with Crippen LogP contribution >= 0.6 is 12.4 Å². The highest BCUT2D eigenvalue weighted by molar-refractivity contribution is 5.92. The van der Waals surface area contributed by atoms with E-state index in [2.05, 4.69) is 44.3 Å². The van der Waals surface area contributed by atoms with Gasteiger partial charge in [0.1, 0.15) is 17.3 Å². The van der Waals surface area contributed by atoms with E-state index in [1.165, 1.54) is 0 Å². The van der Waals surface area contributed by atoms with E-state index >= 15 is 0 Å². The molecule has 2 atom stereocenters. The van der Waals surface area contributed by atoms with Gasteiger partial charge in [0.05, 0.1) is 6.04 Å². The first-order valence-corrected chi connectivity index (χ1v) is 9.60. The van der Waals surface area contributed by atoms with Crippen LogP contribution in [0, 0.1) is 0 Å². The second-order valence-corrected chi connectivity index (χ2v) is 7.63. The van der Waals surface area contributed by atoms with Crippen LogP contribution in [0.15, 0.2) is 12.3 Å². The summed E-state index contributed by atoms with van der Waals surface area (Å²) in [6.45, 7) is 6.95. The Morgan fingerprint density at radius 2 is 2.19 bits per heavy atom. The fraction of sp³-hybridized carbons (Fsp3) is 0.667. The molecule has 2 aromatic heterocycles. The largest absolute Gasteiger partial charge is 0.346 e. The van der Waals surface area contributed by atoms with Crippen molar-refractivity contribution in [2.75, 3.05) is 13.1 Å². The van der Waals surface area contributed by atoms with Gasteiger partial charge in [0.2, 0.25) is 0 Å². The first-order chi connectivity index (χ1) is 12.6. The molecule has 0 bridgehead atoms. The number of hydrogen-bond donors (Lipinski definition) is 2. The zero-order chi connectivity index (χ0) is 18.1. The second kappa shape index (κ2) is 8.39. The lowest BCUT2D eigenvalue weighted by molar-refractivity contribution is 0.0920. The van der Waals surface area contributed by atoms with Crippen molar-refractivity contribution in [2.45, 2.75) is 64.1 Å². The summed E-state index contributed by atoms with van der Waals surface area (Å²) in [7, 11) is 0. The number of carbonyl (C=O) groups is 1. The van der Waals surface area contributed by atoms with E-state index in [-0.39, 0.29) is 24.4 Å². The Morgan fingerprint density at radius 1 is 1.33 bits per heavy atom. The van der Waals surface area contributed by atoms with Gasteiger partial charge in [0.15, 0.2) is 0 Å². The van der Waals surface area contributed by atoms with Crippen LogP contribution in [-0.2, 0) is 13.0 Å². The van der Waals surface area contributed by atoms with Crippen molar-refractivity contribution in [2.24, 2.45) is 0 Å². The number of halogens is 1. The molecule has 0 saturated carbocycles. The van der Waals surface area contributed by atoms with E-state index in [1.54, 1.807) is 0 Å². The number of nitrogens with zero attached hydrogens (tertiary/aromatic N) is 5. The summed E-state index contributed by atoms with van der Waals surface area (Å²) in [6, 6.07) is 2.24. The molecule has 9 heteroatoms. The summed E-state index contributed by atoms with van der Waals surface area (Å²) in [4.78, 5) is 12.6. The van der Waals surface area contributed by atoms with Crippen LogP contribution < -0.4 is 10.6 Å². The Hall–Kier alpha value is -1.93. The van der Waals surface area contributed by atoms with E-state index in [0.717, 1.165) is 57.0 Å². The van der Waals surface area contributed by atoms with Crippen molar-refractivity contribution in [1.29, 1.82) is 0 Å². The fourth-order valence-electron chi connectivity index (χ4n) is 3.87. The molecule has 0 radical (unpaired) electrons. The van der Waals surface area contributed by atoms with Crippen LogP contribution in [0.25, 0.3) is 0 Å². The molecule has 2 aromatic rings. The fourth-order valence-corrected chi connectivity index (χ4v) is 3.87. The summed E-state index contributed by atoms with van der Waals surface area (Å²) in [6.07, 6.45) is 5.89. The van der Waals surface area contributed by atoms with E-state index in [4.69, 9.17) is 0 Å². The highest BCUT2D eigenvalue weighted by atomic mass is 35.5. The minimum Gasteiger partial charge on any atom is -0.346 e. The number of carbonyl (C=O) groups excluding carboxylic acids is 1. The molecule has 1 fully saturated rings. The summed E-state index contributed by atoms with van der Waals surface area (Å²) in [5, 5.41) is 19.6. The lowest BCUT2D eigenvalue weighted by Crippen LogP contribution is -2.41. The molecule has 2 aliphatic heterocycles. The predicted molar refractivity (Wildman–Crippen MR) is 104 cm³/mol. The quantitative estimate of drug-likeness (QED) is 0.825. The SMILES string of the molecule is CC(C)c1nnc2n1CC(NC(=O)c1ccn(C3CCCNC3)n1)CC2.Cl. The van der Waals surface area contributed by atoms with E-state index in [1.807, 2.05) is 16.9 Å². The molecule has 2 aliphatic rings. The van der Waals surface area contributed by atoms with Gasteiger partial charge in [-0.25, -0.2) is 0 Å². The standard InChI is InChI=1S/C18H27N7O.ClH/c1-12(2)17-22-21-16-6-5-13(11-24(16)17)20-18(26)15-7-9-25(23-15)14-4-3-8-19-10-14;/h7,9,12-14,19H,3-6,8,10-11H2,1-2H3,(H,20,26);1H. The van der Waals surface area contributed by atoms with Crippen molar-refractivity contribution in [3.05, 3.63) is 29.6 Å². The molecule has 1 saturated heterocycles. The summed E-state index contributed by atoms with van der Waals surface area (Å²) >= 11 is 0. The van der Waals surface area contributed by atoms with Gasteiger partial charge in [-0.3, -0.25) is 9.48 Å². The molecule has 0 aliphatic carbocycles. The Labute approximate surface area is 165 Å². The van der Waals surface area contributed by atoms with Gasteiger partial charge >= 0.3 is 0 Å². The number of nitrogens with one attached hydrogen (secondary N) is 2. The number of fused-ring (bicyclic) bond motifs is 1. The van der Waals surface area contributed by atoms with Gasteiger partial charge in [-0.15, -0.1) is 22.6 Å². The van der Waals surface area contributed by atoms with Crippen molar-refractivity contribution in [3.8, 4) is 0 Å². The van der Waals surface area contributed by atoms with Crippen molar-refractivity contribution in [1.82, 2.24) is 35.2 Å². The Bertz CT molecular complexity index is 779. The van der Waals surface area contributed by atoms with Crippen LogP contribution in [0.3, 0.4) is 0 Å². The number of aromatic nitrogens is 5. The van der Waals surface area contributed by atoms with Gasteiger partial charge in [0.25, 0.3) is 5.91 Å². The Kier molecular flexibility index (Phi) is 6.16. The van der Waals surface area contributed by atoms with Gasteiger partial charge in [-0.2, -0.15) is 5.10 Å². The van der Waals surface area contributed by atoms with E-state index < -0.39 is 0 Å². The summed E-state index contributed by atoms with van der Waals surface area (Å²) < 4.78 is 4.09. The summed E-state index contributed by atoms with van der Waals surface area (Å²) in [5.41, 5.74) is 0.495. The lowest BCUT2D eigenvalue weighted by Gasteiger charge is -2.25. The van der Waals surface area contributed by atoms with Crippen molar-refractivity contribution < 1.29 is 4.79 Å². The first kappa shape index (κ1) is 19.8. The minimum atomic E-state index is -0.0971. The Morgan fingerprint density at radius 3 is 2.93 bits per heavy atom. The van der Waals surface area contributed by atoms with E-state index in [9.17, 15) is 4.79 Å². The summed E-state index contributed by atoms with van der Waals surface area (Å²) in [5.74, 6) is 2.24. The Balaban J connectivity index is 0.00000210. The monoisotopic (exact) mass is 393 g/mol. The maximum atomic E-state index is 12.6. The first-order valence-electron chi connectivity index (χ1n) is 9.60. The topological polar surface area (TPSA) is 89.7 Å². The van der Waals surface area contributed by atoms with Gasteiger partial charge in [-0.05, 0) is 31.9 Å². The number of hydrogen-bond acceptors (Lipinski definition) is 5. The average Bonchev–Trinajstić information content (AvgIpc) is 3.29. The van der Waals surface area contributed by atoms with Gasteiger partial charge < -0.3 is 15.2 Å². The molecule has 148 valence electrons. The smallest absolute Gasteiger partial charge is 0.272 e. The van der Waals surface area contributed by atoms with Gasteiger partial charge in [0, 0.05) is 37.7 Å². The van der Waals surface area contributed by atoms with Crippen LogP contribution in [0.1, 0.15) is 67.2 Å². The third kappa shape index (κ3) is 4.16. The van der Waals surface area contributed by atoms with Crippen molar-refractivity contribution in [3.63, 3.8) is 0 Å². The predicted octanol–water partition coefficient (Wildman–Crippen LogP) is 1.69. The molecule has 27 heavy (non-hydrogen) atoms. The van der Waals surface area contributed by atoms with E-state index in [0.29, 0.717) is 17.7 Å². The maximum absolute atomic E-state index is 12.6. The highest BCUT2D eigenvalue weighted by Crippen LogP contribution is 2.20. The second-order valence-electron chi connectivity index (χ2n) is 7.63. The molecule has 4 heterocycles. The van der Waals surface area contributed by atoms with Crippen molar-refractivity contribution >= 4 is 18.3 Å². The molecule has 1 amide bonds. The molecular weight excluding hydrogens is 366 g/mol. The highest BCUT2D eigenvalue weighted by Gasteiger charge is 2.26. The maximum Gasteiger partial charge on any atom is 0.272 e. The molecule has 2 unspecified atom stereocenters. The molecule has 8 nitrogen and oxygen atoms in total. The van der Waals surface area contributed by atoms with Crippen LogP contribution in [-0.4, -0.2) is 49.6 Å². The zero-order valence-electron chi connectivity index (χ0n) is 15.9. The minimum absolute atomic E-state index is 0.